The molecular weight excluding hydrogens is 256 g/mol. The number of carboxylic acid groups (broad SMARTS) is 1. The number of carbonyl (C=O) groups is 1. The first-order chi connectivity index (χ1) is 9.56. The van der Waals surface area contributed by atoms with E-state index in [0.29, 0.717) is 6.04 Å². The van der Waals surface area contributed by atoms with Crippen molar-refractivity contribution in [1.29, 1.82) is 0 Å². The van der Waals surface area contributed by atoms with E-state index in [2.05, 4.69) is 9.55 Å². The molecule has 2 N–H and O–H groups in total. The number of imidazole rings is 1. The Morgan fingerprint density at radius 3 is 2.65 bits per heavy atom. The Labute approximate surface area is 116 Å². The predicted molar refractivity (Wildman–Crippen MR) is 74.9 cm³/mol. The van der Waals surface area contributed by atoms with E-state index >= 15 is 0 Å². The Hall–Kier alpha value is -1.88. The highest BCUT2D eigenvalue weighted by Crippen LogP contribution is 2.32. The quantitative estimate of drug-likeness (QED) is 0.882. The van der Waals surface area contributed by atoms with Gasteiger partial charge in [-0.15, -0.1) is 0 Å². The molecule has 20 heavy (non-hydrogen) atoms. The zero-order valence-electron chi connectivity index (χ0n) is 11.4. The minimum atomic E-state index is -0.920. The van der Waals surface area contributed by atoms with Gasteiger partial charge in [0.05, 0.1) is 22.7 Å². The lowest BCUT2D eigenvalue weighted by Gasteiger charge is -2.28. The lowest BCUT2D eigenvalue weighted by Crippen LogP contribution is -2.21. The molecule has 1 aromatic heterocycles. The number of carboxylic acids is 1. The molecular formula is C15H18N2O3. The molecule has 3 rings (SSSR count). The van der Waals surface area contributed by atoms with Gasteiger partial charge in [-0.2, -0.15) is 0 Å². The van der Waals surface area contributed by atoms with Gasteiger partial charge in [0.25, 0.3) is 0 Å². The summed E-state index contributed by atoms with van der Waals surface area (Å²) in [5.41, 5.74) is 2.00. The zero-order chi connectivity index (χ0) is 14.3. The van der Waals surface area contributed by atoms with Gasteiger partial charge >= 0.3 is 5.97 Å². The van der Waals surface area contributed by atoms with Crippen LogP contribution >= 0.6 is 0 Å². The number of aromatic carboxylic acids is 1. The summed E-state index contributed by atoms with van der Waals surface area (Å²) in [7, 11) is 0. The van der Waals surface area contributed by atoms with Crippen LogP contribution in [-0.4, -0.2) is 31.8 Å². The number of benzene rings is 1. The van der Waals surface area contributed by atoms with E-state index in [1.807, 2.05) is 6.92 Å². The van der Waals surface area contributed by atoms with Gasteiger partial charge in [0.2, 0.25) is 0 Å². The highest BCUT2D eigenvalue weighted by molar-refractivity contribution is 5.92. The zero-order valence-corrected chi connectivity index (χ0v) is 11.4. The largest absolute Gasteiger partial charge is 0.478 e. The molecule has 0 unspecified atom stereocenters. The first-order valence-electron chi connectivity index (χ1n) is 6.96. The van der Waals surface area contributed by atoms with E-state index in [1.54, 1.807) is 18.2 Å². The molecule has 0 bridgehead atoms. The molecule has 0 aliphatic heterocycles. The summed E-state index contributed by atoms with van der Waals surface area (Å²) < 4.78 is 2.13. The predicted octanol–water partition coefficient (Wildman–Crippen LogP) is 2.52. The summed E-state index contributed by atoms with van der Waals surface area (Å²) in [5.74, 6) is -0.0136. The molecule has 0 radical (unpaired) electrons. The summed E-state index contributed by atoms with van der Waals surface area (Å²) in [6, 6.07) is 5.35. The van der Waals surface area contributed by atoms with Crippen LogP contribution in [0.4, 0.5) is 0 Å². The Bertz CT molecular complexity index is 654. The molecule has 1 aromatic carbocycles. The van der Waals surface area contributed by atoms with Crippen LogP contribution in [0.1, 0.15) is 47.9 Å². The molecule has 0 atom stereocenters. The van der Waals surface area contributed by atoms with Crippen molar-refractivity contribution in [1.82, 2.24) is 9.55 Å². The van der Waals surface area contributed by atoms with Crippen LogP contribution in [0, 0.1) is 6.92 Å². The second kappa shape index (κ2) is 4.90. The number of hydrogen-bond donors (Lipinski definition) is 2. The number of aryl methyl sites for hydroxylation is 1. The lowest BCUT2D eigenvalue weighted by atomic mass is 9.92. The van der Waals surface area contributed by atoms with E-state index in [-0.39, 0.29) is 11.7 Å². The van der Waals surface area contributed by atoms with Crippen molar-refractivity contribution in [3.8, 4) is 0 Å². The number of fused-ring (bicyclic) bond motifs is 1. The maximum atomic E-state index is 11.1. The van der Waals surface area contributed by atoms with E-state index in [1.165, 1.54) is 0 Å². The molecule has 0 saturated heterocycles. The third kappa shape index (κ3) is 2.18. The van der Waals surface area contributed by atoms with Gasteiger partial charge in [-0.1, -0.05) is 0 Å². The van der Waals surface area contributed by atoms with Crippen molar-refractivity contribution >= 4 is 17.0 Å². The third-order valence-electron chi connectivity index (χ3n) is 4.14. The molecule has 0 amide bonds. The molecule has 1 aliphatic rings. The molecule has 2 aromatic rings. The fraction of sp³-hybridized carbons (Fsp3) is 0.467. The Balaban J connectivity index is 2.06. The first kappa shape index (κ1) is 13.1. The van der Waals surface area contributed by atoms with Crippen LogP contribution < -0.4 is 0 Å². The van der Waals surface area contributed by atoms with Gasteiger partial charge in [-0.3, -0.25) is 0 Å². The van der Waals surface area contributed by atoms with Crippen LogP contribution in [0.3, 0.4) is 0 Å². The van der Waals surface area contributed by atoms with Crippen molar-refractivity contribution < 1.29 is 15.0 Å². The molecule has 1 heterocycles. The summed E-state index contributed by atoms with van der Waals surface area (Å²) in [5, 5.41) is 18.7. The van der Waals surface area contributed by atoms with Crippen LogP contribution in [0.2, 0.25) is 0 Å². The second-order valence-corrected chi connectivity index (χ2v) is 5.50. The fourth-order valence-corrected chi connectivity index (χ4v) is 3.12. The Kier molecular flexibility index (Phi) is 3.22. The average Bonchev–Trinajstić information content (AvgIpc) is 2.75. The van der Waals surface area contributed by atoms with Gasteiger partial charge in [-0.05, 0) is 50.8 Å². The van der Waals surface area contributed by atoms with Gasteiger partial charge in [-0.25, -0.2) is 9.78 Å². The van der Waals surface area contributed by atoms with E-state index in [0.717, 1.165) is 42.5 Å². The van der Waals surface area contributed by atoms with Crippen molar-refractivity contribution in [2.75, 3.05) is 0 Å². The van der Waals surface area contributed by atoms with E-state index in [4.69, 9.17) is 5.11 Å². The summed E-state index contributed by atoms with van der Waals surface area (Å²) >= 11 is 0. The van der Waals surface area contributed by atoms with Crippen molar-refractivity contribution in [2.45, 2.75) is 44.8 Å². The monoisotopic (exact) mass is 274 g/mol. The standard InChI is InChI=1S/C15H18N2O3/c1-9-16-13-7-2-10(15(19)20)8-14(13)17(9)11-3-5-12(18)6-4-11/h2,7-8,11-12,18H,3-6H2,1H3,(H,19,20). The van der Waals surface area contributed by atoms with Gasteiger partial charge in [0, 0.05) is 6.04 Å². The Morgan fingerprint density at radius 2 is 2.00 bits per heavy atom. The van der Waals surface area contributed by atoms with E-state index < -0.39 is 5.97 Å². The summed E-state index contributed by atoms with van der Waals surface area (Å²) in [6.45, 7) is 1.95. The smallest absolute Gasteiger partial charge is 0.335 e. The average molecular weight is 274 g/mol. The first-order valence-corrected chi connectivity index (χ1v) is 6.96. The summed E-state index contributed by atoms with van der Waals surface area (Å²) in [4.78, 5) is 15.6. The number of hydrogen-bond acceptors (Lipinski definition) is 3. The molecule has 5 heteroatoms. The van der Waals surface area contributed by atoms with Crippen LogP contribution in [0.25, 0.3) is 11.0 Å². The molecule has 1 aliphatic carbocycles. The third-order valence-corrected chi connectivity index (χ3v) is 4.14. The molecule has 1 saturated carbocycles. The maximum Gasteiger partial charge on any atom is 0.335 e. The minimum Gasteiger partial charge on any atom is -0.478 e. The molecule has 1 fully saturated rings. The molecule has 5 nitrogen and oxygen atoms in total. The number of aliphatic hydroxyl groups is 1. The Morgan fingerprint density at radius 1 is 1.30 bits per heavy atom. The number of nitrogens with zero attached hydrogens (tertiary/aromatic N) is 2. The van der Waals surface area contributed by atoms with Crippen molar-refractivity contribution in [3.63, 3.8) is 0 Å². The van der Waals surface area contributed by atoms with Crippen molar-refractivity contribution in [3.05, 3.63) is 29.6 Å². The van der Waals surface area contributed by atoms with Crippen LogP contribution in [-0.2, 0) is 0 Å². The molecule has 0 spiro atoms. The lowest BCUT2D eigenvalue weighted by molar-refractivity contribution is 0.0697. The van der Waals surface area contributed by atoms with Gasteiger partial charge < -0.3 is 14.8 Å². The van der Waals surface area contributed by atoms with Crippen LogP contribution in [0.15, 0.2) is 18.2 Å². The summed E-state index contributed by atoms with van der Waals surface area (Å²) in [6.07, 6.45) is 3.20. The van der Waals surface area contributed by atoms with Crippen LogP contribution in [0.5, 0.6) is 0 Å². The van der Waals surface area contributed by atoms with E-state index in [9.17, 15) is 9.90 Å². The maximum absolute atomic E-state index is 11.1. The SMILES string of the molecule is Cc1nc2ccc(C(=O)O)cc2n1C1CCC(O)CC1. The van der Waals surface area contributed by atoms with Gasteiger partial charge in [0.1, 0.15) is 5.82 Å². The highest BCUT2D eigenvalue weighted by atomic mass is 16.4. The fourth-order valence-electron chi connectivity index (χ4n) is 3.12. The molecule has 106 valence electrons. The van der Waals surface area contributed by atoms with Crippen molar-refractivity contribution in [2.24, 2.45) is 0 Å². The topological polar surface area (TPSA) is 75.3 Å². The minimum absolute atomic E-state index is 0.198. The second-order valence-electron chi connectivity index (χ2n) is 5.50. The van der Waals surface area contributed by atoms with Gasteiger partial charge in [0.15, 0.2) is 0 Å². The number of aromatic nitrogens is 2. The number of aliphatic hydroxyl groups excluding tert-OH is 1. The normalized spacial score (nSPS) is 23.1. The highest BCUT2D eigenvalue weighted by Gasteiger charge is 2.24. The number of rotatable bonds is 2.